The number of hydrogen-bond acceptors (Lipinski definition) is 6. The van der Waals surface area contributed by atoms with Gasteiger partial charge < -0.3 is 19.8 Å². The summed E-state index contributed by atoms with van der Waals surface area (Å²) in [5.41, 5.74) is 0.564. The molecule has 0 fully saturated rings. The summed E-state index contributed by atoms with van der Waals surface area (Å²) in [7, 11) is 0. The molecule has 2 aromatic rings. The standard InChI is InChI=1S/C13H12F3N3O4S/c14-13(15,16)7-23-12(21)17-4-3-10(20)19-11-18-8(6-24-11)9-2-1-5-22-9/h1-2,5-6H,3-4,7H2,(H,17,21)(H,18,19,20). The predicted octanol–water partition coefficient (Wildman–Crippen LogP) is 3.02. The number of nitrogens with one attached hydrogen (secondary N) is 2. The molecule has 0 unspecified atom stereocenters. The highest BCUT2D eigenvalue weighted by Gasteiger charge is 2.29. The fourth-order valence-corrected chi connectivity index (χ4v) is 2.24. The zero-order chi connectivity index (χ0) is 17.6. The van der Waals surface area contributed by atoms with Crippen LogP contribution in [0.15, 0.2) is 28.2 Å². The zero-order valence-electron chi connectivity index (χ0n) is 12.1. The SMILES string of the molecule is O=C(CCNC(=O)OCC(F)(F)F)Nc1nc(-c2ccco2)cs1. The number of furan rings is 1. The molecule has 2 amide bonds. The average Bonchev–Trinajstić information content (AvgIpc) is 3.15. The molecule has 7 nitrogen and oxygen atoms in total. The zero-order valence-corrected chi connectivity index (χ0v) is 12.9. The lowest BCUT2D eigenvalue weighted by Gasteiger charge is -2.08. The molecule has 0 radical (unpaired) electrons. The first kappa shape index (κ1) is 17.8. The van der Waals surface area contributed by atoms with Crippen molar-refractivity contribution < 1.29 is 31.9 Å². The highest BCUT2D eigenvalue weighted by Crippen LogP contribution is 2.25. The molecular formula is C13H12F3N3O4S. The number of anilines is 1. The van der Waals surface area contributed by atoms with Gasteiger partial charge in [0.2, 0.25) is 5.91 Å². The number of halogens is 3. The maximum absolute atomic E-state index is 11.8. The highest BCUT2D eigenvalue weighted by molar-refractivity contribution is 7.14. The number of amides is 2. The lowest BCUT2D eigenvalue weighted by atomic mass is 10.4. The Morgan fingerprint density at radius 3 is 2.83 bits per heavy atom. The number of hydrogen-bond donors (Lipinski definition) is 2. The molecule has 130 valence electrons. The Morgan fingerprint density at radius 1 is 1.38 bits per heavy atom. The summed E-state index contributed by atoms with van der Waals surface area (Å²) in [5.74, 6) is 0.104. The topological polar surface area (TPSA) is 93.5 Å². The van der Waals surface area contributed by atoms with Crippen molar-refractivity contribution >= 4 is 28.5 Å². The molecule has 0 aliphatic rings. The Balaban J connectivity index is 1.69. The Kier molecular flexibility index (Phi) is 5.79. The summed E-state index contributed by atoms with van der Waals surface area (Å²) in [5, 5.41) is 6.59. The van der Waals surface area contributed by atoms with Crippen LogP contribution in [0.1, 0.15) is 6.42 Å². The number of rotatable bonds is 6. The van der Waals surface area contributed by atoms with Gasteiger partial charge >= 0.3 is 12.3 Å². The fourth-order valence-electron chi connectivity index (χ4n) is 1.53. The normalized spacial score (nSPS) is 11.1. The van der Waals surface area contributed by atoms with Gasteiger partial charge in [-0.1, -0.05) is 0 Å². The maximum atomic E-state index is 11.8. The van der Waals surface area contributed by atoms with Gasteiger partial charge in [-0.2, -0.15) is 13.2 Å². The van der Waals surface area contributed by atoms with Crippen LogP contribution >= 0.6 is 11.3 Å². The summed E-state index contributed by atoms with van der Waals surface area (Å²) < 4.78 is 44.6. The number of ether oxygens (including phenoxy) is 1. The molecule has 0 saturated heterocycles. The molecule has 2 rings (SSSR count). The van der Waals surface area contributed by atoms with E-state index in [0.29, 0.717) is 16.6 Å². The van der Waals surface area contributed by atoms with Gasteiger partial charge in [0.25, 0.3) is 0 Å². The van der Waals surface area contributed by atoms with Crippen LogP contribution in [-0.2, 0) is 9.53 Å². The molecule has 2 heterocycles. The van der Waals surface area contributed by atoms with Gasteiger partial charge in [0.1, 0.15) is 5.69 Å². The Labute approximate surface area is 137 Å². The van der Waals surface area contributed by atoms with Crippen molar-refractivity contribution in [2.45, 2.75) is 12.6 Å². The number of carbonyl (C=O) groups is 2. The summed E-state index contributed by atoms with van der Waals surface area (Å²) in [6.07, 6.45) is -4.48. The van der Waals surface area contributed by atoms with Crippen molar-refractivity contribution in [3.05, 3.63) is 23.8 Å². The van der Waals surface area contributed by atoms with Crippen LogP contribution in [0.5, 0.6) is 0 Å². The maximum Gasteiger partial charge on any atom is 0.422 e. The third kappa shape index (κ3) is 5.91. The molecule has 0 aliphatic heterocycles. The van der Waals surface area contributed by atoms with Crippen molar-refractivity contribution in [1.29, 1.82) is 0 Å². The quantitative estimate of drug-likeness (QED) is 0.823. The van der Waals surface area contributed by atoms with Crippen LogP contribution < -0.4 is 10.6 Å². The van der Waals surface area contributed by atoms with E-state index in [-0.39, 0.29) is 13.0 Å². The van der Waals surface area contributed by atoms with Crippen LogP contribution in [0.4, 0.5) is 23.1 Å². The summed E-state index contributed by atoms with van der Waals surface area (Å²) >= 11 is 1.19. The van der Waals surface area contributed by atoms with Crippen molar-refractivity contribution in [2.75, 3.05) is 18.5 Å². The van der Waals surface area contributed by atoms with Crippen molar-refractivity contribution in [3.63, 3.8) is 0 Å². The lowest BCUT2D eigenvalue weighted by molar-refractivity contribution is -0.160. The minimum absolute atomic E-state index is 0.142. The van der Waals surface area contributed by atoms with E-state index in [1.807, 2.05) is 5.32 Å². The van der Waals surface area contributed by atoms with Gasteiger partial charge in [-0.15, -0.1) is 11.3 Å². The number of alkyl carbamates (subject to hydrolysis) is 1. The summed E-state index contributed by atoms with van der Waals surface area (Å²) in [6, 6.07) is 3.42. The second-order valence-corrected chi connectivity index (χ2v) is 5.29. The minimum atomic E-state index is -4.59. The van der Waals surface area contributed by atoms with Gasteiger partial charge in [0, 0.05) is 18.3 Å². The lowest BCUT2D eigenvalue weighted by Crippen LogP contribution is -2.31. The third-order valence-electron chi connectivity index (χ3n) is 2.51. The van der Waals surface area contributed by atoms with Crippen molar-refractivity contribution in [2.24, 2.45) is 0 Å². The third-order valence-corrected chi connectivity index (χ3v) is 3.27. The Hall–Kier alpha value is -2.56. The summed E-state index contributed by atoms with van der Waals surface area (Å²) in [4.78, 5) is 26.8. The van der Waals surface area contributed by atoms with E-state index < -0.39 is 24.8 Å². The smallest absolute Gasteiger partial charge is 0.422 e. The van der Waals surface area contributed by atoms with Crippen LogP contribution in [0.3, 0.4) is 0 Å². The Morgan fingerprint density at radius 2 is 2.17 bits per heavy atom. The first-order valence-corrected chi connectivity index (χ1v) is 7.48. The largest absolute Gasteiger partial charge is 0.463 e. The van der Waals surface area contributed by atoms with E-state index >= 15 is 0 Å². The van der Waals surface area contributed by atoms with Crippen LogP contribution in [0.25, 0.3) is 11.5 Å². The van der Waals surface area contributed by atoms with Gasteiger partial charge in [-0.05, 0) is 12.1 Å². The van der Waals surface area contributed by atoms with Gasteiger partial charge in [-0.25, -0.2) is 9.78 Å². The van der Waals surface area contributed by atoms with Crippen LogP contribution in [-0.4, -0.2) is 36.3 Å². The van der Waals surface area contributed by atoms with E-state index in [1.54, 1.807) is 17.5 Å². The summed E-state index contributed by atoms with van der Waals surface area (Å²) in [6.45, 7) is -1.85. The molecule has 0 aromatic carbocycles. The van der Waals surface area contributed by atoms with Gasteiger partial charge in [-0.3, -0.25) is 4.79 Å². The van der Waals surface area contributed by atoms with E-state index in [1.165, 1.54) is 17.6 Å². The molecule has 2 aromatic heterocycles. The second kappa shape index (κ2) is 7.81. The second-order valence-electron chi connectivity index (χ2n) is 4.43. The molecule has 2 N–H and O–H groups in total. The molecular weight excluding hydrogens is 351 g/mol. The number of alkyl halides is 3. The van der Waals surface area contributed by atoms with E-state index in [2.05, 4.69) is 15.0 Å². The molecule has 0 spiro atoms. The molecule has 24 heavy (non-hydrogen) atoms. The first-order chi connectivity index (χ1) is 11.3. The van der Waals surface area contributed by atoms with Crippen LogP contribution in [0.2, 0.25) is 0 Å². The number of carbonyl (C=O) groups excluding carboxylic acids is 2. The number of thiazole rings is 1. The fraction of sp³-hybridized carbons (Fsp3) is 0.308. The van der Waals surface area contributed by atoms with Crippen LogP contribution in [0, 0.1) is 0 Å². The predicted molar refractivity (Wildman–Crippen MR) is 78.5 cm³/mol. The Bertz CT molecular complexity index is 685. The van der Waals surface area contributed by atoms with Gasteiger partial charge in [0.05, 0.1) is 6.26 Å². The monoisotopic (exact) mass is 363 g/mol. The number of aromatic nitrogens is 1. The minimum Gasteiger partial charge on any atom is -0.463 e. The molecule has 0 atom stereocenters. The van der Waals surface area contributed by atoms with Crippen molar-refractivity contribution in [3.8, 4) is 11.5 Å². The molecule has 0 bridgehead atoms. The number of nitrogens with zero attached hydrogens (tertiary/aromatic N) is 1. The van der Waals surface area contributed by atoms with Crippen molar-refractivity contribution in [1.82, 2.24) is 10.3 Å². The molecule has 0 aliphatic carbocycles. The van der Waals surface area contributed by atoms with E-state index in [9.17, 15) is 22.8 Å². The molecule has 0 saturated carbocycles. The highest BCUT2D eigenvalue weighted by atomic mass is 32.1. The first-order valence-electron chi connectivity index (χ1n) is 6.60. The van der Waals surface area contributed by atoms with Gasteiger partial charge in [0.15, 0.2) is 17.5 Å². The molecule has 11 heteroatoms. The van der Waals surface area contributed by atoms with E-state index in [4.69, 9.17) is 4.42 Å². The van der Waals surface area contributed by atoms with E-state index in [0.717, 1.165) is 0 Å². The average molecular weight is 363 g/mol.